The summed E-state index contributed by atoms with van der Waals surface area (Å²) in [6.07, 6.45) is 2.67. The molecule has 0 aliphatic rings. The lowest BCUT2D eigenvalue weighted by molar-refractivity contribution is -0.134. The molecule has 140 valence electrons. The molecule has 0 aliphatic heterocycles. The van der Waals surface area contributed by atoms with E-state index in [0.717, 1.165) is 0 Å². The van der Waals surface area contributed by atoms with E-state index in [9.17, 15) is 20.1 Å². The van der Waals surface area contributed by atoms with Crippen molar-refractivity contribution in [2.75, 3.05) is 26.4 Å². The second-order valence-electron chi connectivity index (χ2n) is 6.06. The Balaban J connectivity index is 2.88. The van der Waals surface area contributed by atoms with Gasteiger partial charge in [-0.1, -0.05) is 6.08 Å². The van der Waals surface area contributed by atoms with Crippen LogP contribution >= 0.6 is 0 Å². The van der Waals surface area contributed by atoms with Crippen LogP contribution in [0.4, 0.5) is 0 Å². The number of aliphatic hydroxyl groups is 2. The third kappa shape index (κ3) is 5.19. The van der Waals surface area contributed by atoms with Gasteiger partial charge in [-0.3, -0.25) is 4.79 Å². The molecule has 0 radical (unpaired) electrons. The van der Waals surface area contributed by atoms with Crippen molar-refractivity contribution in [3.8, 4) is 11.5 Å². The molecular weight excluding hydrogens is 326 g/mol. The van der Waals surface area contributed by atoms with Crippen LogP contribution in [0.25, 0.3) is 6.08 Å². The Morgan fingerprint density at radius 3 is 2.32 bits per heavy atom. The number of nitrogens with one attached hydrogen (secondary N) is 1. The average molecular weight is 353 g/mol. The minimum absolute atomic E-state index is 0.00217. The monoisotopic (exact) mass is 353 g/mol. The lowest BCUT2D eigenvalue weighted by Crippen LogP contribution is -2.44. The van der Waals surface area contributed by atoms with E-state index >= 15 is 0 Å². The highest BCUT2D eigenvalue weighted by Crippen LogP contribution is 2.37. The molecule has 0 fully saturated rings. The molecule has 0 aliphatic carbocycles. The second-order valence-corrected chi connectivity index (χ2v) is 6.06. The van der Waals surface area contributed by atoms with Gasteiger partial charge in [-0.2, -0.15) is 0 Å². The van der Waals surface area contributed by atoms with Crippen molar-refractivity contribution >= 4 is 12.0 Å². The second kappa shape index (κ2) is 8.84. The largest absolute Gasteiger partial charge is 0.507 e. The Morgan fingerprint density at radius 1 is 1.12 bits per heavy atom. The maximum absolute atomic E-state index is 12.0. The smallest absolute Gasteiger partial charge is 0.255 e. The highest BCUT2D eigenvalue weighted by molar-refractivity contribution is 5.88. The first kappa shape index (κ1) is 21.0. The number of amides is 1. The average Bonchev–Trinajstić information content (AvgIpc) is 2.57. The molecule has 5 N–H and O–H groups in total. The van der Waals surface area contributed by atoms with Crippen LogP contribution in [-0.2, 0) is 9.53 Å². The molecule has 25 heavy (non-hydrogen) atoms. The lowest BCUT2D eigenvalue weighted by Gasteiger charge is -2.19. The fourth-order valence-corrected chi connectivity index (χ4v) is 2.25. The van der Waals surface area contributed by atoms with Crippen LogP contribution in [0.5, 0.6) is 11.5 Å². The Labute approximate surface area is 147 Å². The number of hydrogen-bond acceptors (Lipinski definition) is 6. The number of rotatable bonds is 8. The van der Waals surface area contributed by atoms with E-state index in [1.807, 2.05) is 0 Å². The number of phenolic OH excluding ortho intramolecular Hbond substituents is 2. The van der Waals surface area contributed by atoms with Crippen LogP contribution in [0.1, 0.15) is 29.2 Å². The fourth-order valence-electron chi connectivity index (χ4n) is 2.25. The normalized spacial score (nSPS) is 13.8. The first-order chi connectivity index (χ1) is 11.6. The van der Waals surface area contributed by atoms with Gasteiger partial charge in [-0.15, -0.1) is 0 Å². The number of ether oxygens (including phenoxy) is 1. The van der Waals surface area contributed by atoms with Crippen molar-refractivity contribution in [2.45, 2.75) is 33.3 Å². The molecule has 7 heteroatoms. The van der Waals surface area contributed by atoms with E-state index in [1.54, 1.807) is 20.8 Å². The van der Waals surface area contributed by atoms with Gasteiger partial charge in [-0.25, -0.2) is 0 Å². The minimum Gasteiger partial charge on any atom is -0.507 e. The van der Waals surface area contributed by atoms with E-state index in [2.05, 4.69) is 5.32 Å². The van der Waals surface area contributed by atoms with Gasteiger partial charge in [0.2, 0.25) is 0 Å². The van der Waals surface area contributed by atoms with E-state index in [0.29, 0.717) is 22.3 Å². The number of phenols is 2. The number of carbonyl (C=O) groups excluding carboxylic acids is 1. The topological polar surface area (TPSA) is 119 Å². The van der Waals surface area contributed by atoms with E-state index in [-0.39, 0.29) is 37.9 Å². The molecule has 1 aromatic carbocycles. The molecule has 1 rings (SSSR count). The minimum atomic E-state index is -1.80. The number of benzene rings is 1. The summed E-state index contributed by atoms with van der Waals surface area (Å²) in [6.45, 7) is 6.84. The Hall–Kier alpha value is -2.09. The zero-order chi connectivity index (χ0) is 19.2. The Morgan fingerprint density at radius 2 is 1.72 bits per heavy atom. The van der Waals surface area contributed by atoms with Gasteiger partial charge < -0.3 is 30.5 Å². The van der Waals surface area contributed by atoms with E-state index < -0.39 is 11.5 Å². The predicted molar refractivity (Wildman–Crippen MR) is 94.6 cm³/mol. The molecule has 1 amide bonds. The molecule has 1 atom stereocenters. The standard InChI is InChI=1S/C18H27NO6/c1-11-12(2)16(22)14(13(3)15(11)21)5-6-18(4,24)17(23)19-7-9-25-10-8-20/h5-6,20-22,24H,7-10H2,1-4H3,(H,19,23). The highest BCUT2D eigenvalue weighted by Gasteiger charge is 2.27. The number of aliphatic hydroxyl groups excluding tert-OH is 1. The SMILES string of the molecule is Cc1c(C)c(O)c(C=CC(C)(O)C(=O)NCCOCCO)c(C)c1O. The molecule has 0 saturated heterocycles. The summed E-state index contributed by atoms with van der Waals surface area (Å²) < 4.78 is 5.02. The molecule has 1 aromatic rings. The number of aromatic hydroxyl groups is 2. The molecule has 0 spiro atoms. The molecule has 0 bridgehead atoms. The lowest BCUT2D eigenvalue weighted by atomic mass is 9.95. The summed E-state index contributed by atoms with van der Waals surface area (Å²) in [5, 5.41) is 41.8. The van der Waals surface area contributed by atoms with Crippen LogP contribution in [0, 0.1) is 20.8 Å². The van der Waals surface area contributed by atoms with Crippen molar-refractivity contribution < 1.29 is 30.0 Å². The van der Waals surface area contributed by atoms with Gasteiger partial charge in [0.1, 0.15) is 11.5 Å². The molecule has 7 nitrogen and oxygen atoms in total. The molecule has 0 heterocycles. The van der Waals surface area contributed by atoms with Gasteiger partial charge in [0, 0.05) is 17.7 Å². The van der Waals surface area contributed by atoms with Crippen LogP contribution in [0.2, 0.25) is 0 Å². The summed E-state index contributed by atoms with van der Waals surface area (Å²) >= 11 is 0. The third-order valence-corrected chi connectivity index (χ3v) is 4.09. The quantitative estimate of drug-likeness (QED) is 0.350. The van der Waals surface area contributed by atoms with Crippen molar-refractivity contribution in [3.05, 3.63) is 28.3 Å². The summed E-state index contributed by atoms with van der Waals surface area (Å²) in [6, 6.07) is 0. The summed E-state index contributed by atoms with van der Waals surface area (Å²) in [4.78, 5) is 12.0. The molecular formula is C18H27NO6. The van der Waals surface area contributed by atoms with Gasteiger partial charge in [-0.05, 0) is 44.9 Å². The molecule has 0 aromatic heterocycles. The van der Waals surface area contributed by atoms with Crippen molar-refractivity contribution in [3.63, 3.8) is 0 Å². The summed E-state index contributed by atoms with van der Waals surface area (Å²) in [5.41, 5.74) is 0.127. The van der Waals surface area contributed by atoms with Gasteiger partial charge in [0.15, 0.2) is 5.60 Å². The van der Waals surface area contributed by atoms with Gasteiger partial charge >= 0.3 is 0 Å². The Kier molecular flexibility index (Phi) is 7.41. The fraction of sp³-hybridized carbons (Fsp3) is 0.500. The van der Waals surface area contributed by atoms with E-state index in [4.69, 9.17) is 9.84 Å². The van der Waals surface area contributed by atoms with Crippen LogP contribution in [0.15, 0.2) is 6.08 Å². The van der Waals surface area contributed by atoms with E-state index in [1.165, 1.54) is 19.1 Å². The van der Waals surface area contributed by atoms with Crippen molar-refractivity contribution in [2.24, 2.45) is 0 Å². The first-order valence-electron chi connectivity index (χ1n) is 8.03. The zero-order valence-electron chi connectivity index (χ0n) is 15.1. The number of carbonyl (C=O) groups is 1. The van der Waals surface area contributed by atoms with Crippen LogP contribution in [-0.4, -0.2) is 58.3 Å². The van der Waals surface area contributed by atoms with Crippen molar-refractivity contribution in [1.29, 1.82) is 0 Å². The molecule has 0 saturated carbocycles. The maximum Gasteiger partial charge on any atom is 0.255 e. The van der Waals surface area contributed by atoms with Crippen LogP contribution < -0.4 is 5.32 Å². The van der Waals surface area contributed by atoms with Crippen molar-refractivity contribution in [1.82, 2.24) is 5.32 Å². The van der Waals surface area contributed by atoms with Gasteiger partial charge in [0.05, 0.1) is 19.8 Å². The maximum atomic E-state index is 12.0. The summed E-state index contributed by atoms with van der Waals surface area (Å²) in [5.74, 6) is -0.556. The zero-order valence-corrected chi connectivity index (χ0v) is 15.1. The summed E-state index contributed by atoms with van der Waals surface area (Å²) in [7, 11) is 0. The van der Waals surface area contributed by atoms with Gasteiger partial charge in [0.25, 0.3) is 5.91 Å². The van der Waals surface area contributed by atoms with Crippen LogP contribution in [0.3, 0.4) is 0 Å². The highest BCUT2D eigenvalue weighted by atomic mass is 16.5. The predicted octanol–water partition coefficient (Wildman–Crippen LogP) is 0.912. The molecule has 1 unspecified atom stereocenters. The third-order valence-electron chi connectivity index (χ3n) is 4.09. The number of hydrogen-bond donors (Lipinski definition) is 5. The Bertz CT molecular complexity index is 622. The first-order valence-corrected chi connectivity index (χ1v) is 8.03.